The van der Waals surface area contributed by atoms with Gasteiger partial charge in [-0.1, -0.05) is 18.2 Å². The van der Waals surface area contributed by atoms with Crippen molar-refractivity contribution in [1.82, 2.24) is 9.88 Å². The van der Waals surface area contributed by atoms with Crippen LogP contribution in [0, 0.1) is 0 Å². The number of ether oxygens (including phenoxy) is 2. The first-order valence-electron chi connectivity index (χ1n) is 7.33. The highest BCUT2D eigenvalue weighted by Crippen LogP contribution is 2.21. The molecule has 1 amide bonds. The third-order valence-corrected chi connectivity index (χ3v) is 3.52. The van der Waals surface area contributed by atoms with Gasteiger partial charge in [0.15, 0.2) is 6.61 Å². The molecule has 22 heavy (non-hydrogen) atoms. The van der Waals surface area contributed by atoms with Crippen molar-refractivity contribution < 1.29 is 14.3 Å². The van der Waals surface area contributed by atoms with E-state index >= 15 is 0 Å². The van der Waals surface area contributed by atoms with E-state index in [2.05, 4.69) is 4.98 Å². The number of morpholine rings is 1. The lowest BCUT2D eigenvalue weighted by molar-refractivity contribution is -0.137. The third-order valence-electron chi connectivity index (χ3n) is 3.52. The topological polar surface area (TPSA) is 51.7 Å². The molecule has 1 fully saturated rings. The zero-order valence-electron chi connectivity index (χ0n) is 12.3. The summed E-state index contributed by atoms with van der Waals surface area (Å²) >= 11 is 0. The van der Waals surface area contributed by atoms with E-state index in [0.717, 1.165) is 11.3 Å². The van der Waals surface area contributed by atoms with E-state index in [1.165, 1.54) is 0 Å². The molecular formula is C17H18N2O3. The average molecular weight is 298 g/mol. The molecule has 1 aliphatic rings. The summed E-state index contributed by atoms with van der Waals surface area (Å²) in [5, 5.41) is 0. The summed E-state index contributed by atoms with van der Waals surface area (Å²) in [6.45, 7) is 2.51. The third kappa shape index (κ3) is 3.62. The Bertz CT molecular complexity index is 625. The molecule has 0 bridgehead atoms. The first-order valence-corrected chi connectivity index (χ1v) is 7.33. The number of carbonyl (C=O) groups is 1. The van der Waals surface area contributed by atoms with Gasteiger partial charge in [-0.25, -0.2) is 0 Å². The Labute approximate surface area is 129 Å². The maximum Gasteiger partial charge on any atom is 0.260 e. The molecule has 0 saturated carbocycles. The normalized spacial score (nSPS) is 14.6. The van der Waals surface area contributed by atoms with Crippen molar-refractivity contribution in [2.24, 2.45) is 0 Å². The van der Waals surface area contributed by atoms with Crippen LogP contribution in [0.1, 0.15) is 0 Å². The van der Waals surface area contributed by atoms with Gasteiger partial charge in [0.2, 0.25) is 0 Å². The molecule has 0 radical (unpaired) electrons. The Hall–Kier alpha value is -2.40. The largest absolute Gasteiger partial charge is 0.484 e. The molecule has 5 nitrogen and oxygen atoms in total. The predicted molar refractivity (Wildman–Crippen MR) is 82.6 cm³/mol. The Morgan fingerprint density at radius 2 is 2.05 bits per heavy atom. The smallest absolute Gasteiger partial charge is 0.260 e. The van der Waals surface area contributed by atoms with Crippen molar-refractivity contribution in [3.8, 4) is 17.0 Å². The van der Waals surface area contributed by atoms with Gasteiger partial charge in [-0.05, 0) is 24.3 Å². The van der Waals surface area contributed by atoms with Gasteiger partial charge in [-0.2, -0.15) is 0 Å². The number of rotatable bonds is 4. The fraction of sp³-hybridized carbons (Fsp3) is 0.294. The number of amides is 1. The Morgan fingerprint density at radius 1 is 1.18 bits per heavy atom. The summed E-state index contributed by atoms with van der Waals surface area (Å²) in [4.78, 5) is 18.1. The molecule has 1 aromatic carbocycles. The highest BCUT2D eigenvalue weighted by Gasteiger charge is 2.17. The van der Waals surface area contributed by atoms with E-state index < -0.39 is 0 Å². The van der Waals surface area contributed by atoms with E-state index in [4.69, 9.17) is 9.47 Å². The number of nitrogens with zero attached hydrogens (tertiary/aromatic N) is 2. The highest BCUT2D eigenvalue weighted by atomic mass is 16.5. The van der Waals surface area contributed by atoms with Crippen LogP contribution in [0.25, 0.3) is 11.3 Å². The second kappa shape index (κ2) is 7.04. The van der Waals surface area contributed by atoms with Gasteiger partial charge < -0.3 is 14.4 Å². The molecule has 0 atom stereocenters. The number of aromatic nitrogens is 1. The lowest BCUT2D eigenvalue weighted by Gasteiger charge is -2.26. The highest BCUT2D eigenvalue weighted by molar-refractivity contribution is 5.78. The van der Waals surface area contributed by atoms with Crippen LogP contribution in [-0.4, -0.2) is 48.7 Å². The minimum Gasteiger partial charge on any atom is -0.484 e. The average Bonchev–Trinajstić information content (AvgIpc) is 2.61. The minimum atomic E-state index is -0.00783. The minimum absolute atomic E-state index is 0.00783. The van der Waals surface area contributed by atoms with Crippen molar-refractivity contribution in [1.29, 1.82) is 0 Å². The number of hydrogen-bond acceptors (Lipinski definition) is 4. The van der Waals surface area contributed by atoms with Gasteiger partial charge in [0.25, 0.3) is 5.91 Å². The number of carbonyl (C=O) groups excluding carboxylic acids is 1. The van der Waals surface area contributed by atoms with Gasteiger partial charge in [-0.15, -0.1) is 0 Å². The molecule has 2 heterocycles. The summed E-state index contributed by atoms with van der Waals surface area (Å²) in [5.74, 6) is 0.663. The van der Waals surface area contributed by atoms with Crippen LogP contribution >= 0.6 is 0 Å². The zero-order chi connectivity index (χ0) is 15.2. The van der Waals surface area contributed by atoms with Crippen molar-refractivity contribution in [2.45, 2.75) is 0 Å². The maximum absolute atomic E-state index is 12.1. The summed E-state index contributed by atoms with van der Waals surface area (Å²) < 4.78 is 10.9. The van der Waals surface area contributed by atoms with Crippen LogP contribution in [0.2, 0.25) is 0 Å². The van der Waals surface area contributed by atoms with Crippen molar-refractivity contribution in [3.63, 3.8) is 0 Å². The van der Waals surface area contributed by atoms with Gasteiger partial charge in [0, 0.05) is 24.8 Å². The molecule has 1 aromatic heterocycles. The van der Waals surface area contributed by atoms with Gasteiger partial charge in [0.1, 0.15) is 5.75 Å². The second-order valence-corrected chi connectivity index (χ2v) is 5.02. The second-order valence-electron chi connectivity index (χ2n) is 5.02. The quantitative estimate of drug-likeness (QED) is 0.866. The Balaban J connectivity index is 1.62. The van der Waals surface area contributed by atoms with E-state index in [1.807, 2.05) is 42.5 Å². The van der Waals surface area contributed by atoms with E-state index in [9.17, 15) is 4.79 Å². The maximum atomic E-state index is 12.1. The molecular weight excluding hydrogens is 280 g/mol. The SMILES string of the molecule is O=C(COc1cccc(-c2ccccn2)c1)N1CCOCC1. The number of pyridine rings is 1. The lowest BCUT2D eigenvalue weighted by atomic mass is 10.1. The number of hydrogen-bond donors (Lipinski definition) is 0. The summed E-state index contributed by atoms with van der Waals surface area (Å²) in [6.07, 6.45) is 1.75. The molecule has 114 valence electrons. The van der Waals surface area contributed by atoms with Crippen LogP contribution in [0.3, 0.4) is 0 Å². The van der Waals surface area contributed by atoms with Crippen LogP contribution in [0.4, 0.5) is 0 Å². The molecule has 5 heteroatoms. The summed E-state index contributed by atoms with van der Waals surface area (Å²) in [7, 11) is 0. The molecule has 1 saturated heterocycles. The number of benzene rings is 1. The molecule has 0 N–H and O–H groups in total. The lowest BCUT2D eigenvalue weighted by Crippen LogP contribution is -2.42. The van der Waals surface area contributed by atoms with Crippen LogP contribution in [-0.2, 0) is 9.53 Å². The monoisotopic (exact) mass is 298 g/mol. The van der Waals surface area contributed by atoms with Crippen LogP contribution in [0.15, 0.2) is 48.7 Å². The first-order chi connectivity index (χ1) is 10.8. The van der Waals surface area contributed by atoms with Crippen LogP contribution < -0.4 is 4.74 Å². The van der Waals surface area contributed by atoms with Crippen molar-refractivity contribution >= 4 is 5.91 Å². The Kier molecular flexibility index (Phi) is 4.65. The zero-order valence-corrected chi connectivity index (χ0v) is 12.3. The molecule has 3 rings (SSSR count). The first kappa shape index (κ1) is 14.5. The van der Waals surface area contributed by atoms with Crippen LogP contribution in [0.5, 0.6) is 5.75 Å². The van der Waals surface area contributed by atoms with Gasteiger partial charge >= 0.3 is 0 Å². The molecule has 2 aromatic rings. The van der Waals surface area contributed by atoms with Crippen molar-refractivity contribution in [3.05, 3.63) is 48.7 Å². The van der Waals surface area contributed by atoms with E-state index in [-0.39, 0.29) is 12.5 Å². The fourth-order valence-corrected chi connectivity index (χ4v) is 2.33. The van der Waals surface area contributed by atoms with Gasteiger partial charge in [-0.3, -0.25) is 9.78 Å². The predicted octanol–water partition coefficient (Wildman–Crippen LogP) is 1.99. The van der Waals surface area contributed by atoms with Gasteiger partial charge in [0.05, 0.1) is 18.9 Å². The van der Waals surface area contributed by atoms with Crippen molar-refractivity contribution in [2.75, 3.05) is 32.9 Å². The fourth-order valence-electron chi connectivity index (χ4n) is 2.33. The van der Waals surface area contributed by atoms with E-state index in [1.54, 1.807) is 11.1 Å². The Morgan fingerprint density at radius 3 is 2.82 bits per heavy atom. The summed E-state index contributed by atoms with van der Waals surface area (Å²) in [5.41, 5.74) is 1.85. The molecule has 0 spiro atoms. The molecule has 1 aliphatic heterocycles. The summed E-state index contributed by atoms with van der Waals surface area (Å²) in [6, 6.07) is 13.4. The van der Waals surface area contributed by atoms with E-state index in [0.29, 0.717) is 32.1 Å². The molecule has 0 aliphatic carbocycles. The molecule has 0 unspecified atom stereocenters. The standard InChI is InChI=1S/C17H18N2O3/c20-17(19-8-10-21-11-9-19)13-22-15-5-3-4-14(12-15)16-6-1-2-7-18-16/h1-7,12H,8-11,13H2.